The Balaban J connectivity index is 1.61. The number of halogens is 1. The van der Waals surface area contributed by atoms with Gasteiger partial charge in [0.25, 0.3) is 10.0 Å². The maximum absolute atomic E-state index is 14.6. The third-order valence-corrected chi connectivity index (χ3v) is 6.95. The van der Waals surface area contributed by atoms with Crippen LogP contribution in [0.4, 0.5) is 10.2 Å². The van der Waals surface area contributed by atoms with Crippen LogP contribution < -0.4 is 5.32 Å². The lowest BCUT2D eigenvalue weighted by atomic mass is 10.0. The predicted molar refractivity (Wildman–Crippen MR) is 127 cm³/mol. The zero-order valence-corrected chi connectivity index (χ0v) is 19.2. The van der Waals surface area contributed by atoms with E-state index in [1.54, 1.807) is 48.7 Å². The molecular formula is C25H22FN5O2S. The van der Waals surface area contributed by atoms with Gasteiger partial charge in [0.2, 0.25) is 0 Å². The SMILES string of the molecule is CC(CNc1ccc(C#N)cn1)Cc1cc(-c2ccccc2F)n(S(=O)(=O)c2cccnc2)c1. The van der Waals surface area contributed by atoms with Crippen molar-refractivity contribution in [3.63, 3.8) is 0 Å². The smallest absolute Gasteiger partial charge is 0.269 e. The van der Waals surface area contributed by atoms with Crippen molar-refractivity contribution in [3.8, 4) is 17.3 Å². The standard InChI is InChI=1S/C25H22FN5O2S/c1-18(14-29-25-9-8-19(13-27)15-30-25)11-20-12-24(22-6-2-3-7-23(22)26)31(17-20)34(32,33)21-5-4-10-28-16-21/h2-10,12,15-18H,11,14H2,1H3,(H,29,30). The second kappa shape index (κ2) is 9.85. The fourth-order valence-electron chi connectivity index (χ4n) is 3.60. The second-order valence-electron chi connectivity index (χ2n) is 7.94. The molecule has 1 unspecified atom stereocenters. The molecule has 0 bridgehead atoms. The first-order valence-corrected chi connectivity index (χ1v) is 12.0. The summed E-state index contributed by atoms with van der Waals surface area (Å²) in [6.45, 7) is 2.60. The first kappa shape index (κ1) is 23.1. The minimum Gasteiger partial charge on any atom is -0.370 e. The molecule has 0 aliphatic rings. The molecule has 1 aromatic carbocycles. The van der Waals surface area contributed by atoms with E-state index in [1.165, 1.54) is 30.7 Å². The van der Waals surface area contributed by atoms with Gasteiger partial charge in [-0.3, -0.25) is 4.98 Å². The van der Waals surface area contributed by atoms with Gasteiger partial charge in [0.15, 0.2) is 0 Å². The van der Waals surface area contributed by atoms with Gasteiger partial charge in [0, 0.05) is 36.9 Å². The Hall–Kier alpha value is -4.03. The first-order chi connectivity index (χ1) is 16.4. The molecule has 34 heavy (non-hydrogen) atoms. The van der Waals surface area contributed by atoms with Crippen LogP contribution >= 0.6 is 0 Å². The number of rotatable bonds is 8. The molecule has 1 atom stereocenters. The van der Waals surface area contributed by atoms with E-state index in [0.29, 0.717) is 24.3 Å². The lowest BCUT2D eigenvalue weighted by molar-refractivity contribution is 0.586. The quantitative estimate of drug-likeness (QED) is 0.403. The average molecular weight is 476 g/mol. The average Bonchev–Trinajstić information content (AvgIpc) is 3.28. The second-order valence-corrected chi connectivity index (χ2v) is 9.75. The molecule has 0 spiro atoms. The summed E-state index contributed by atoms with van der Waals surface area (Å²) < 4.78 is 42.5. The molecule has 0 amide bonds. The number of nitrogens with one attached hydrogen (secondary N) is 1. The third kappa shape index (κ3) is 4.97. The molecular weight excluding hydrogens is 453 g/mol. The Bertz CT molecular complexity index is 1430. The van der Waals surface area contributed by atoms with Gasteiger partial charge in [0.05, 0.1) is 11.3 Å². The maximum atomic E-state index is 14.6. The molecule has 4 aromatic rings. The minimum atomic E-state index is -3.98. The van der Waals surface area contributed by atoms with Crippen molar-refractivity contribution >= 4 is 15.8 Å². The van der Waals surface area contributed by atoms with E-state index in [4.69, 9.17) is 5.26 Å². The van der Waals surface area contributed by atoms with Gasteiger partial charge < -0.3 is 5.32 Å². The van der Waals surface area contributed by atoms with Gasteiger partial charge in [-0.15, -0.1) is 0 Å². The van der Waals surface area contributed by atoms with Crippen LogP contribution in [-0.4, -0.2) is 28.9 Å². The van der Waals surface area contributed by atoms with Crippen molar-refractivity contribution < 1.29 is 12.8 Å². The number of hydrogen-bond donors (Lipinski definition) is 1. The van der Waals surface area contributed by atoms with Gasteiger partial charge in [-0.05, 0) is 60.4 Å². The van der Waals surface area contributed by atoms with Crippen LogP contribution in [0.25, 0.3) is 11.3 Å². The number of anilines is 1. The fraction of sp³-hybridized carbons (Fsp3) is 0.160. The zero-order chi connectivity index (χ0) is 24.1. The summed E-state index contributed by atoms with van der Waals surface area (Å²) >= 11 is 0. The Morgan fingerprint density at radius 2 is 1.97 bits per heavy atom. The number of aromatic nitrogens is 3. The lowest BCUT2D eigenvalue weighted by Crippen LogP contribution is -2.15. The summed E-state index contributed by atoms with van der Waals surface area (Å²) in [5.74, 6) is 0.258. The number of nitriles is 1. The van der Waals surface area contributed by atoms with E-state index < -0.39 is 15.8 Å². The number of hydrogen-bond acceptors (Lipinski definition) is 6. The van der Waals surface area contributed by atoms with Gasteiger partial charge in [0.1, 0.15) is 22.6 Å². The van der Waals surface area contributed by atoms with E-state index in [-0.39, 0.29) is 22.1 Å². The van der Waals surface area contributed by atoms with Crippen molar-refractivity contribution in [1.82, 2.24) is 13.9 Å². The van der Waals surface area contributed by atoms with Crippen LogP contribution in [0, 0.1) is 23.1 Å². The number of benzene rings is 1. The van der Waals surface area contributed by atoms with E-state index in [1.807, 2.05) is 13.0 Å². The van der Waals surface area contributed by atoms with Crippen molar-refractivity contribution in [2.45, 2.75) is 18.2 Å². The van der Waals surface area contributed by atoms with E-state index in [9.17, 15) is 12.8 Å². The summed E-state index contributed by atoms with van der Waals surface area (Å²) in [5.41, 5.74) is 1.70. The van der Waals surface area contributed by atoms with E-state index in [2.05, 4.69) is 15.3 Å². The van der Waals surface area contributed by atoms with Gasteiger partial charge in [-0.25, -0.2) is 21.8 Å². The van der Waals surface area contributed by atoms with Crippen molar-refractivity contribution in [3.05, 3.63) is 96.3 Å². The highest BCUT2D eigenvalue weighted by Gasteiger charge is 2.24. The molecule has 9 heteroatoms. The highest BCUT2D eigenvalue weighted by Crippen LogP contribution is 2.29. The summed E-state index contributed by atoms with van der Waals surface area (Å²) in [6.07, 6.45) is 6.37. The van der Waals surface area contributed by atoms with Crippen LogP contribution in [0.1, 0.15) is 18.1 Å². The molecule has 0 radical (unpaired) electrons. The maximum Gasteiger partial charge on any atom is 0.269 e. The van der Waals surface area contributed by atoms with Crippen molar-refractivity contribution in [2.24, 2.45) is 5.92 Å². The monoisotopic (exact) mass is 475 g/mol. The van der Waals surface area contributed by atoms with E-state index >= 15 is 0 Å². The first-order valence-electron chi connectivity index (χ1n) is 10.6. The molecule has 4 rings (SSSR count). The molecule has 0 saturated carbocycles. The van der Waals surface area contributed by atoms with Crippen LogP contribution in [-0.2, 0) is 16.4 Å². The topological polar surface area (TPSA) is 101 Å². The van der Waals surface area contributed by atoms with Crippen LogP contribution in [0.5, 0.6) is 0 Å². The fourth-order valence-corrected chi connectivity index (χ4v) is 4.96. The number of nitrogens with zero attached hydrogens (tertiary/aromatic N) is 4. The van der Waals surface area contributed by atoms with Gasteiger partial charge in [-0.2, -0.15) is 5.26 Å². The molecule has 0 fully saturated rings. The Kier molecular flexibility index (Phi) is 6.70. The summed E-state index contributed by atoms with van der Waals surface area (Å²) in [4.78, 5) is 8.14. The van der Waals surface area contributed by atoms with Crippen molar-refractivity contribution in [2.75, 3.05) is 11.9 Å². The normalized spacial score (nSPS) is 12.1. The Morgan fingerprint density at radius 1 is 1.15 bits per heavy atom. The summed E-state index contributed by atoms with van der Waals surface area (Å²) in [5, 5.41) is 12.1. The molecule has 0 aliphatic carbocycles. The summed E-state index contributed by atoms with van der Waals surface area (Å²) in [7, 11) is -3.98. The minimum absolute atomic E-state index is 0.0244. The highest BCUT2D eigenvalue weighted by atomic mass is 32.2. The van der Waals surface area contributed by atoms with E-state index in [0.717, 1.165) is 9.54 Å². The lowest BCUT2D eigenvalue weighted by Gasteiger charge is -2.12. The molecule has 0 aliphatic heterocycles. The largest absolute Gasteiger partial charge is 0.370 e. The van der Waals surface area contributed by atoms with Gasteiger partial charge >= 0.3 is 0 Å². The molecule has 7 nitrogen and oxygen atoms in total. The zero-order valence-electron chi connectivity index (χ0n) is 18.4. The molecule has 172 valence electrons. The molecule has 3 heterocycles. The summed E-state index contributed by atoms with van der Waals surface area (Å²) in [6, 6.07) is 16.3. The molecule has 0 saturated heterocycles. The van der Waals surface area contributed by atoms with Crippen LogP contribution in [0.2, 0.25) is 0 Å². The number of pyridine rings is 2. The van der Waals surface area contributed by atoms with Crippen LogP contribution in [0.15, 0.2) is 84.3 Å². The molecule has 1 N–H and O–H groups in total. The predicted octanol–water partition coefficient (Wildman–Crippen LogP) is 4.48. The van der Waals surface area contributed by atoms with Gasteiger partial charge in [-0.1, -0.05) is 19.1 Å². The third-order valence-electron chi connectivity index (χ3n) is 5.29. The van der Waals surface area contributed by atoms with Crippen molar-refractivity contribution in [1.29, 1.82) is 5.26 Å². The molecule has 3 aromatic heterocycles. The highest BCUT2D eigenvalue weighted by molar-refractivity contribution is 7.90. The van der Waals surface area contributed by atoms with Crippen LogP contribution in [0.3, 0.4) is 0 Å². The Morgan fingerprint density at radius 3 is 2.65 bits per heavy atom. The Labute approximate surface area is 197 Å².